The Morgan fingerprint density at radius 2 is 2.27 bits per heavy atom. The second-order valence-electron chi connectivity index (χ2n) is 3.11. The van der Waals surface area contributed by atoms with Crippen molar-refractivity contribution < 1.29 is 9.53 Å². The van der Waals surface area contributed by atoms with Gasteiger partial charge in [0.1, 0.15) is 6.42 Å². The average Bonchev–Trinajstić information content (AvgIpc) is 2.61. The summed E-state index contributed by atoms with van der Waals surface area (Å²) >= 11 is 0. The Kier molecular flexibility index (Phi) is 2.32. The zero-order chi connectivity index (χ0) is 10.8. The van der Waals surface area contributed by atoms with Crippen molar-refractivity contribution in [2.75, 3.05) is 7.11 Å². The second kappa shape index (κ2) is 3.64. The van der Waals surface area contributed by atoms with Gasteiger partial charge in [-0.2, -0.15) is 9.61 Å². The van der Waals surface area contributed by atoms with E-state index in [1.165, 1.54) is 7.11 Å². The molecule has 0 aliphatic heterocycles. The van der Waals surface area contributed by atoms with Crippen molar-refractivity contribution in [2.45, 2.75) is 13.3 Å². The molecule has 0 radical (unpaired) electrons. The molecule has 2 heterocycles. The number of methoxy groups -OCH3 is 1. The van der Waals surface area contributed by atoms with Crippen LogP contribution in [0, 0.1) is 6.92 Å². The van der Waals surface area contributed by atoms with E-state index in [0.717, 1.165) is 5.69 Å². The van der Waals surface area contributed by atoms with Crippen LogP contribution < -0.4 is 0 Å². The smallest absolute Gasteiger partial charge is 0.313 e. The van der Waals surface area contributed by atoms with E-state index in [9.17, 15) is 4.79 Å². The molecule has 0 aliphatic rings. The van der Waals surface area contributed by atoms with Gasteiger partial charge in [-0.25, -0.2) is 0 Å². The summed E-state index contributed by atoms with van der Waals surface area (Å²) in [4.78, 5) is 11.1. The van der Waals surface area contributed by atoms with Crippen LogP contribution in [0.2, 0.25) is 0 Å². The quantitative estimate of drug-likeness (QED) is 0.654. The molecule has 6 heteroatoms. The molecule has 15 heavy (non-hydrogen) atoms. The first kappa shape index (κ1) is 9.57. The zero-order valence-corrected chi connectivity index (χ0v) is 8.47. The molecule has 0 spiro atoms. The molecule has 0 fully saturated rings. The van der Waals surface area contributed by atoms with E-state index in [4.69, 9.17) is 0 Å². The van der Waals surface area contributed by atoms with Gasteiger partial charge in [0.2, 0.25) is 0 Å². The summed E-state index contributed by atoms with van der Waals surface area (Å²) in [6, 6.07) is 3.64. The Morgan fingerprint density at radius 1 is 1.47 bits per heavy atom. The molecular formula is C9H10N4O2. The zero-order valence-electron chi connectivity index (χ0n) is 8.47. The van der Waals surface area contributed by atoms with E-state index in [0.29, 0.717) is 11.5 Å². The first-order chi connectivity index (χ1) is 7.20. The maximum Gasteiger partial charge on any atom is 0.313 e. The van der Waals surface area contributed by atoms with Crippen molar-refractivity contribution in [1.29, 1.82) is 0 Å². The van der Waals surface area contributed by atoms with Crippen molar-refractivity contribution in [3.05, 3.63) is 23.7 Å². The number of nitrogens with zero attached hydrogens (tertiary/aromatic N) is 4. The Bertz CT molecular complexity index is 506. The lowest BCUT2D eigenvalue weighted by molar-refractivity contribution is -0.139. The van der Waals surface area contributed by atoms with Crippen molar-refractivity contribution in [3.63, 3.8) is 0 Å². The number of aryl methyl sites for hydroxylation is 1. The van der Waals surface area contributed by atoms with E-state index in [2.05, 4.69) is 20.0 Å². The number of carbonyl (C=O) groups is 1. The monoisotopic (exact) mass is 206 g/mol. The minimum absolute atomic E-state index is 0.0775. The van der Waals surface area contributed by atoms with E-state index in [1.807, 2.05) is 13.0 Å². The first-order valence-electron chi connectivity index (χ1n) is 4.45. The summed E-state index contributed by atoms with van der Waals surface area (Å²) in [5.41, 5.74) is 1.47. The normalized spacial score (nSPS) is 10.5. The summed E-state index contributed by atoms with van der Waals surface area (Å²) in [5, 5.41) is 12.0. The number of hydrogen-bond donors (Lipinski definition) is 0. The van der Waals surface area contributed by atoms with Crippen LogP contribution in [0.5, 0.6) is 0 Å². The molecule has 78 valence electrons. The summed E-state index contributed by atoms with van der Waals surface area (Å²) in [6.45, 7) is 1.86. The highest BCUT2D eigenvalue weighted by Crippen LogP contribution is 2.03. The third-order valence-corrected chi connectivity index (χ3v) is 1.99. The first-order valence-corrected chi connectivity index (χ1v) is 4.45. The molecule has 0 amide bonds. The minimum atomic E-state index is -0.354. The number of fused-ring (bicyclic) bond motifs is 1. The number of aromatic nitrogens is 4. The van der Waals surface area contributed by atoms with Gasteiger partial charge in [-0.3, -0.25) is 4.79 Å². The van der Waals surface area contributed by atoms with E-state index in [-0.39, 0.29) is 12.4 Å². The molecule has 2 rings (SSSR count). The van der Waals surface area contributed by atoms with E-state index >= 15 is 0 Å². The molecule has 0 aliphatic carbocycles. The van der Waals surface area contributed by atoms with Crippen LogP contribution in [0.4, 0.5) is 0 Å². The number of rotatable bonds is 2. The predicted molar refractivity (Wildman–Crippen MR) is 51.2 cm³/mol. The molecule has 2 aromatic rings. The molecule has 0 atom stereocenters. The van der Waals surface area contributed by atoms with Crippen molar-refractivity contribution in [3.8, 4) is 0 Å². The van der Waals surface area contributed by atoms with Gasteiger partial charge in [-0.1, -0.05) is 0 Å². The maximum atomic E-state index is 11.1. The van der Waals surface area contributed by atoms with Gasteiger partial charge in [-0.05, 0) is 19.1 Å². The van der Waals surface area contributed by atoms with Crippen LogP contribution in [0.1, 0.15) is 11.5 Å². The van der Waals surface area contributed by atoms with Gasteiger partial charge in [0, 0.05) is 0 Å². The lowest BCUT2D eigenvalue weighted by Crippen LogP contribution is -2.09. The lowest BCUT2D eigenvalue weighted by atomic mass is 10.4. The van der Waals surface area contributed by atoms with Gasteiger partial charge < -0.3 is 4.74 Å². The summed E-state index contributed by atoms with van der Waals surface area (Å²) in [5.74, 6) is 0.133. The third-order valence-electron chi connectivity index (χ3n) is 1.99. The van der Waals surface area contributed by atoms with Crippen molar-refractivity contribution in [2.24, 2.45) is 0 Å². The molecule has 0 bridgehead atoms. The Morgan fingerprint density at radius 3 is 3.00 bits per heavy atom. The highest BCUT2D eigenvalue weighted by molar-refractivity contribution is 5.71. The summed E-state index contributed by atoms with van der Waals surface area (Å²) < 4.78 is 6.10. The van der Waals surface area contributed by atoms with Crippen LogP contribution in [-0.4, -0.2) is 32.9 Å². The fraction of sp³-hybridized carbons (Fsp3) is 0.333. The Labute approximate surface area is 85.9 Å². The van der Waals surface area contributed by atoms with Gasteiger partial charge in [0.25, 0.3) is 0 Å². The summed E-state index contributed by atoms with van der Waals surface area (Å²) in [7, 11) is 1.34. The standard InChI is InChI=1S/C9H10N4O2/c1-6-3-4-7-10-11-8(13(7)12-6)5-9(14)15-2/h3-4H,5H2,1-2H3. The molecule has 0 unspecified atom stereocenters. The average molecular weight is 206 g/mol. The van der Waals surface area contributed by atoms with E-state index in [1.54, 1.807) is 10.6 Å². The predicted octanol–water partition coefficient (Wildman–Crippen LogP) is 0.148. The molecule has 0 saturated carbocycles. The van der Waals surface area contributed by atoms with Gasteiger partial charge in [-0.15, -0.1) is 10.2 Å². The molecule has 0 saturated heterocycles. The maximum absolute atomic E-state index is 11.1. The third kappa shape index (κ3) is 1.78. The van der Waals surface area contributed by atoms with Crippen LogP contribution in [0.15, 0.2) is 12.1 Å². The van der Waals surface area contributed by atoms with Crippen LogP contribution >= 0.6 is 0 Å². The molecular weight excluding hydrogens is 196 g/mol. The molecule has 6 nitrogen and oxygen atoms in total. The van der Waals surface area contributed by atoms with Crippen molar-refractivity contribution in [1.82, 2.24) is 19.8 Å². The summed E-state index contributed by atoms with van der Waals surface area (Å²) in [6.07, 6.45) is 0.0775. The Hall–Kier alpha value is -1.98. The number of carbonyl (C=O) groups excluding carboxylic acids is 1. The SMILES string of the molecule is COC(=O)Cc1nnc2ccc(C)nn12. The van der Waals surface area contributed by atoms with Gasteiger partial charge in [0.15, 0.2) is 11.5 Å². The van der Waals surface area contributed by atoms with Gasteiger partial charge in [0.05, 0.1) is 12.8 Å². The van der Waals surface area contributed by atoms with Crippen LogP contribution in [0.3, 0.4) is 0 Å². The number of hydrogen-bond acceptors (Lipinski definition) is 5. The Balaban J connectivity index is 2.43. The van der Waals surface area contributed by atoms with E-state index < -0.39 is 0 Å². The minimum Gasteiger partial charge on any atom is -0.469 e. The molecule has 0 aromatic carbocycles. The van der Waals surface area contributed by atoms with Gasteiger partial charge >= 0.3 is 5.97 Å². The molecule has 0 N–H and O–H groups in total. The topological polar surface area (TPSA) is 69.4 Å². The number of ether oxygens (including phenoxy) is 1. The number of esters is 1. The van der Waals surface area contributed by atoms with Crippen LogP contribution in [0.25, 0.3) is 5.65 Å². The second-order valence-corrected chi connectivity index (χ2v) is 3.11. The lowest BCUT2D eigenvalue weighted by Gasteiger charge is -1.98. The highest BCUT2D eigenvalue weighted by atomic mass is 16.5. The fourth-order valence-corrected chi connectivity index (χ4v) is 1.24. The van der Waals surface area contributed by atoms with Crippen LogP contribution in [-0.2, 0) is 16.0 Å². The molecule has 2 aromatic heterocycles. The fourth-order valence-electron chi connectivity index (χ4n) is 1.24. The largest absolute Gasteiger partial charge is 0.469 e. The van der Waals surface area contributed by atoms with Crippen molar-refractivity contribution >= 4 is 11.6 Å². The highest BCUT2D eigenvalue weighted by Gasteiger charge is 2.11.